The molecule has 0 aliphatic rings. The standard InChI is InChI=1S/C24H21N5O6S/c1-16-11-12-20(14-21(16)29(32)33)36(34,35)28(23(30)18-8-7-13-25-15-18)22-17(2)26(3)27(24(22)31)19-9-5-4-6-10-19/h4-15H,1-3H3. The first kappa shape index (κ1) is 24.5. The number of para-hydroxylation sites is 1. The van der Waals surface area contributed by atoms with Gasteiger partial charge in [-0.15, -0.1) is 0 Å². The quantitative estimate of drug-likeness (QED) is 0.289. The number of aromatic nitrogens is 3. The Balaban J connectivity index is 2.02. The maximum atomic E-state index is 13.9. The van der Waals surface area contributed by atoms with Crippen LogP contribution in [-0.4, -0.2) is 33.6 Å². The van der Waals surface area contributed by atoms with Gasteiger partial charge in [-0.3, -0.25) is 29.4 Å². The van der Waals surface area contributed by atoms with Crippen LogP contribution >= 0.6 is 0 Å². The van der Waals surface area contributed by atoms with Crippen molar-refractivity contribution in [1.29, 1.82) is 0 Å². The third-order valence-electron chi connectivity index (χ3n) is 5.74. The van der Waals surface area contributed by atoms with E-state index >= 15 is 0 Å². The summed E-state index contributed by atoms with van der Waals surface area (Å²) in [6.45, 7) is 2.97. The molecule has 1 amide bonds. The summed E-state index contributed by atoms with van der Waals surface area (Å²) in [7, 11) is -3.22. The molecule has 0 bridgehead atoms. The van der Waals surface area contributed by atoms with E-state index in [1.165, 1.54) is 53.8 Å². The van der Waals surface area contributed by atoms with Crippen LogP contribution in [0.5, 0.6) is 0 Å². The van der Waals surface area contributed by atoms with Gasteiger partial charge in [0.15, 0.2) is 0 Å². The van der Waals surface area contributed by atoms with Crippen LogP contribution in [0.2, 0.25) is 0 Å². The molecule has 0 atom stereocenters. The summed E-state index contributed by atoms with van der Waals surface area (Å²) in [6, 6.07) is 14.6. The molecule has 2 aromatic carbocycles. The van der Waals surface area contributed by atoms with E-state index in [1.54, 1.807) is 37.4 Å². The summed E-state index contributed by atoms with van der Waals surface area (Å²) in [5.41, 5.74) is -0.802. The number of nitrogens with zero attached hydrogens (tertiary/aromatic N) is 5. The van der Waals surface area contributed by atoms with Gasteiger partial charge in [-0.1, -0.05) is 24.3 Å². The van der Waals surface area contributed by atoms with Crippen molar-refractivity contribution in [3.63, 3.8) is 0 Å². The van der Waals surface area contributed by atoms with E-state index in [0.717, 1.165) is 12.1 Å². The SMILES string of the molecule is Cc1ccc(S(=O)(=O)N(C(=O)c2cccnc2)c2c(C)n(C)n(-c3ccccc3)c2=O)cc1[N+](=O)[O-]. The number of hydrogen-bond acceptors (Lipinski definition) is 7. The number of hydrogen-bond donors (Lipinski definition) is 0. The number of aryl methyl sites for hydroxylation is 1. The molecule has 0 unspecified atom stereocenters. The van der Waals surface area contributed by atoms with Crippen molar-refractivity contribution in [3.05, 3.63) is 110 Å². The predicted molar refractivity (Wildman–Crippen MR) is 132 cm³/mol. The second-order valence-electron chi connectivity index (χ2n) is 7.93. The number of nitro benzene ring substituents is 1. The highest BCUT2D eigenvalue weighted by atomic mass is 32.2. The number of amides is 1. The van der Waals surface area contributed by atoms with Gasteiger partial charge < -0.3 is 0 Å². The van der Waals surface area contributed by atoms with E-state index < -0.39 is 42.7 Å². The fraction of sp³-hybridized carbons (Fsp3) is 0.125. The zero-order valence-electron chi connectivity index (χ0n) is 19.5. The van der Waals surface area contributed by atoms with Crippen molar-refractivity contribution in [2.75, 3.05) is 4.31 Å². The Morgan fingerprint density at radius 1 is 1.06 bits per heavy atom. The average Bonchev–Trinajstić information content (AvgIpc) is 3.08. The van der Waals surface area contributed by atoms with Gasteiger partial charge in [0.05, 0.1) is 26.8 Å². The minimum atomic E-state index is -4.78. The van der Waals surface area contributed by atoms with E-state index in [1.807, 2.05) is 0 Å². The molecule has 2 aromatic heterocycles. The van der Waals surface area contributed by atoms with Crippen LogP contribution in [0, 0.1) is 24.0 Å². The number of rotatable bonds is 6. The lowest BCUT2D eigenvalue weighted by molar-refractivity contribution is -0.385. The first-order valence-electron chi connectivity index (χ1n) is 10.6. The molecular weight excluding hydrogens is 486 g/mol. The van der Waals surface area contributed by atoms with Crippen LogP contribution in [0.4, 0.5) is 11.4 Å². The molecule has 36 heavy (non-hydrogen) atoms. The Labute approximate surface area is 206 Å². The average molecular weight is 508 g/mol. The number of sulfonamides is 1. The summed E-state index contributed by atoms with van der Waals surface area (Å²) in [6.07, 6.45) is 2.59. The zero-order valence-corrected chi connectivity index (χ0v) is 20.3. The van der Waals surface area contributed by atoms with Crippen LogP contribution in [0.3, 0.4) is 0 Å². The van der Waals surface area contributed by atoms with Crippen LogP contribution in [0.15, 0.2) is 82.7 Å². The molecule has 0 fully saturated rings. The van der Waals surface area contributed by atoms with Crippen molar-refractivity contribution < 1.29 is 18.1 Å². The number of nitro groups is 1. The first-order valence-corrected chi connectivity index (χ1v) is 12.1. The highest BCUT2D eigenvalue weighted by Crippen LogP contribution is 2.30. The molecule has 2 heterocycles. The monoisotopic (exact) mass is 507 g/mol. The Morgan fingerprint density at radius 3 is 2.36 bits per heavy atom. The first-order chi connectivity index (χ1) is 17.1. The zero-order chi connectivity index (χ0) is 26.2. The predicted octanol–water partition coefficient (Wildman–Crippen LogP) is 3.13. The van der Waals surface area contributed by atoms with E-state index in [4.69, 9.17) is 0 Å². The Hall–Kier alpha value is -4.58. The van der Waals surface area contributed by atoms with Crippen molar-refractivity contribution in [2.45, 2.75) is 18.7 Å². The molecule has 0 radical (unpaired) electrons. The molecule has 184 valence electrons. The summed E-state index contributed by atoms with van der Waals surface area (Å²) in [5, 5.41) is 11.5. The van der Waals surface area contributed by atoms with Gasteiger partial charge in [-0.2, -0.15) is 4.31 Å². The Bertz CT molecular complexity index is 1640. The number of anilines is 1. The molecule has 0 aliphatic carbocycles. The summed E-state index contributed by atoms with van der Waals surface area (Å²) in [4.78, 5) is 41.4. The fourth-order valence-corrected chi connectivity index (χ4v) is 5.26. The van der Waals surface area contributed by atoms with Gasteiger partial charge in [0, 0.05) is 31.1 Å². The second-order valence-corrected chi connectivity index (χ2v) is 9.72. The largest absolute Gasteiger partial charge is 0.296 e. The van der Waals surface area contributed by atoms with E-state index in [9.17, 15) is 28.1 Å². The maximum Gasteiger partial charge on any atom is 0.296 e. The van der Waals surface area contributed by atoms with Crippen molar-refractivity contribution >= 4 is 27.3 Å². The van der Waals surface area contributed by atoms with Crippen LogP contribution in [-0.2, 0) is 17.1 Å². The number of benzene rings is 2. The van der Waals surface area contributed by atoms with E-state index in [-0.39, 0.29) is 16.8 Å². The Morgan fingerprint density at radius 2 is 1.75 bits per heavy atom. The minimum Gasteiger partial charge on any atom is -0.283 e. The molecule has 0 spiro atoms. The van der Waals surface area contributed by atoms with Gasteiger partial charge in [0.2, 0.25) is 0 Å². The normalized spacial score (nSPS) is 11.3. The Kier molecular flexibility index (Phi) is 6.29. The second kappa shape index (κ2) is 9.23. The smallest absolute Gasteiger partial charge is 0.283 e. The summed E-state index contributed by atoms with van der Waals surface area (Å²) in [5.74, 6) is -1.03. The molecule has 0 N–H and O–H groups in total. The van der Waals surface area contributed by atoms with Crippen LogP contribution in [0.25, 0.3) is 5.69 Å². The minimum absolute atomic E-state index is 0.0865. The summed E-state index contributed by atoms with van der Waals surface area (Å²) < 4.78 is 30.9. The van der Waals surface area contributed by atoms with Gasteiger partial charge in [-0.05, 0) is 44.2 Å². The fourth-order valence-electron chi connectivity index (χ4n) is 3.78. The molecule has 12 heteroatoms. The lowest BCUT2D eigenvalue weighted by Crippen LogP contribution is -2.40. The van der Waals surface area contributed by atoms with E-state index in [0.29, 0.717) is 9.99 Å². The van der Waals surface area contributed by atoms with Crippen molar-refractivity contribution in [3.8, 4) is 5.69 Å². The third kappa shape index (κ3) is 4.07. The van der Waals surface area contributed by atoms with Crippen molar-refractivity contribution in [2.24, 2.45) is 7.05 Å². The molecule has 11 nitrogen and oxygen atoms in total. The molecule has 4 aromatic rings. The van der Waals surface area contributed by atoms with Gasteiger partial charge in [0.1, 0.15) is 5.69 Å². The lowest BCUT2D eigenvalue weighted by atomic mass is 10.2. The molecule has 0 saturated heterocycles. The molecule has 0 aliphatic heterocycles. The highest BCUT2D eigenvalue weighted by molar-refractivity contribution is 7.93. The van der Waals surface area contributed by atoms with Crippen LogP contribution in [0.1, 0.15) is 21.6 Å². The number of pyridine rings is 1. The number of carbonyl (C=O) groups is 1. The molecule has 4 rings (SSSR count). The maximum absolute atomic E-state index is 13.9. The third-order valence-corrected chi connectivity index (χ3v) is 7.41. The molecule has 0 saturated carbocycles. The summed E-state index contributed by atoms with van der Waals surface area (Å²) >= 11 is 0. The van der Waals surface area contributed by atoms with Crippen molar-refractivity contribution in [1.82, 2.24) is 14.3 Å². The van der Waals surface area contributed by atoms with Gasteiger partial charge in [-0.25, -0.2) is 13.1 Å². The molecular formula is C24H21N5O6S. The topological polar surface area (TPSA) is 137 Å². The lowest BCUT2D eigenvalue weighted by Gasteiger charge is -2.21. The van der Waals surface area contributed by atoms with Gasteiger partial charge in [0.25, 0.3) is 27.2 Å². The number of carbonyl (C=O) groups excluding carboxylic acids is 1. The highest BCUT2D eigenvalue weighted by Gasteiger charge is 2.38. The van der Waals surface area contributed by atoms with Crippen LogP contribution < -0.4 is 9.86 Å². The van der Waals surface area contributed by atoms with Gasteiger partial charge >= 0.3 is 0 Å². The van der Waals surface area contributed by atoms with E-state index in [2.05, 4.69) is 4.98 Å².